The first-order chi connectivity index (χ1) is 14.1. The van der Waals surface area contributed by atoms with Gasteiger partial charge in [-0.2, -0.15) is 0 Å². The second-order valence-corrected chi connectivity index (χ2v) is 10.3. The number of nitrogens with one attached hydrogen (secondary N) is 1. The summed E-state index contributed by atoms with van der Waals surface area (Å²) in [6.07, 6.45) is 0.629. The van der Waals surface area contributed by atoms with Crippen LogP contribution < -0.4 is 5.32 Å². The summed E-state index contributed by atoms with van der Waals surface area (Å²) in [5.74, 6) is -1.91. The van der Waals surface area contributed by atoms with Crippen LogP contribution >= 0.6 is 0 Å². The van der Waals surface area contributed by atoms with E-state index in [0.29, 0.717) is 0 Å². The van der Waals surface area contributed by atoms with E-state index in [4.69, 9.17) is 4.42 Å². The Bertz CT molecular complexity index is 1290. The van der Waals surface area contributed by atoms with Crippen LogP contribution in [-0.2, 0) is 24.5 Å². The molecule has 0 aliphatic rings. The average molecular weight is 453 g/mol. The molecule has 9 nitrogen and oxygen atoms in total. The number of hydrogen-bond donors (Lipinski definition) is 1. The molecule has 0 bridgehead atoms. The summed E-state index contributed by atoms with van der Waals surface area (Å²) >= 11 is 0. The summed E-state index contributed by atoms with van der Waals surface area (Å²) in [6.45, 7) is 0. The molecular weight excluding hydrogens is 437 g/mol. The van der Waals surface area contributed by atoms with E-state index in [0.717, 1.165) is 30.5 Å². The Balaban J connectivity index is 1.68. The van der Waals surface area contributed by atoms with E-state index in [9.17, 15) is 26.0 Å². The minimum atomic E-state index is -3.78. The normalized spacial score (nSPS) is 11.9. The molecule has 0 saturated heterocycles. The fourth-order valence-corrected chi connectivity index (χ4v) is 4.64. The van der Waals surface area contributed by atoms with Gasteiger partial charge in [0.15, 0.2) is 19.7 Å². The molecule has 0 spiro atoms. The Morgan fingerprint density at radius 1 is 1.03 bits per heavy atom. The lowest BCUT2D eigenvalue weighted by Gasteiger charge is -2.04. The monoisotopic (exact) mass is 453 g/mol. The number of benzene rings is 2. The highest BCUT2D eigenvalue weighted by Gasteiger charge is 2.20. The smallest absolute Gasteiger partial charge is 0.322 e. The lowest BCUT2D eigenvalue weighted by Crippen LogP contribution is -2.17. The number of anilines is 1. The number of nitrogens with zero attached hydrogens (tertiary/aromatic N) is 2. The molecule has 0 atom stereocenters. The molecule has 3 aromatic rings. The molecule has 0 radical (unpaired) electrons. The zero-order chi connectivity index (χ0) is 21.9. The molecule has 0 unspecified atom stereocenters. The van der Waals surface area contributed by atoms with Crippen LogP contribution in [0.15, 0.2) is 62.7 Å². The summed E-state index contributed by atoms with van der Waals surface area (Å²) < 4.78 is 66.4. The van der Waals surface area contributed by atoms with Crippen molar-refractivity contribution in [2.75, 3.05) is 17.3 Å². The van der Waals surface area contributed by atoms with Crippen molar-refractivity contribution in [3.8, 4) is 11.5 Å². The number of carbonyl (C=O) groups is 1. The molecule has 12 heteroatoms. The molecule has 0 aliphatic heterocycles. The number of carbonyl (C=O) groups excluding carboxylic acids is 1. The highest BCUT2D eigenvalue weighted by molar-refractivity contribution is 7.91. The van der Waals surface area contributed by atoms with Crippen molar-refractivity contribution in [1.82, 2.24) is 10.2 Å². The standard InChI is InChI=1S/C18H16FN3O6S2/c1-29(24,25)15-5-3-2-4-14(15)17-21-22-18(28-17)20-16(23)10-11-30(26,27)13-8-6-12(19)7-9-13/h2-9H,10-11H2,1H3,(H,20,22,23). The zero-order valence-corrected chi connectivity index (χ0v) is 17.2. The molecule has 2 aromatic carbocycles. The van der Waals surface area contributed by atoms with E-state index >= 15 is 0 Å². The van der Waals surface area contributed by atoms with Crippen LogP contribution in [0.3, 0.4) is 0 Å². The molecule has 1 amide bonds. The second-order valence-electron chi connectivity index (χ2n) is 6.25. The average Bonchev–Trinajstić information content (AvgIpc) is 3.14. The van der Waals surface area contributed by atoms with Gasteiger partial charge in [0.2, 0.25) is 5.91 Å². The molecule has 1 N–H and O–H groups in total. The maximum atomic E-state index is 12.9. The van der Waals surface area contributed by atoms with Crippen LogP contribution in [0.4, 0.5) is 10.4 Å². The minimum Gasteiger partial charge on any atom is -0.403 e. The molecule has 0 saturated carbocycles. The van der Waals surface area contributed by atoms with Gasteiger partial charge in [0.1, 0.15) is 5.82 Å². The number of sulfone groups is 2. The molecule has 30 heavy (non-hydrogen) atoms. The second kappa shape index (κ2) is 8.32. The molecule has 158 valence electrons. The Kier molecular flexibility index (Phi) is 5.99. The Morgan fingerprint density at radius 3 is 2.37 bits per heavy atom. The third kappa shape index (κ3) is 5.07. The van der Waals surface area contributed by atoms with Crippen LogP contribution in [0.1, 0.15) is 6.42 Å². The first kappa shape index (κ1) is 21.6. The zero-order valence-electron chi connectivity index (χ0n) is 15.6. The maximum Gasteiger partial charge on any atom is 0.322 e. The molecule has 3 rings (SSSR count). The minimum absolute atomic E-state index is 0.0167. The summed E-state index contributed by atoms with van der Waals surface area (Å²) in [6, 6.07) is 9.95. The van der Waals surface area contributed by atoms with Crippen molar-refractivity contribution >= 4 is 31.6 Å². The predicted molar refractivity (Wildman–Crippen MR) is 105 cm³/mol. The van der Waals surface area contributed by atoms with E-state index in [1.165, 1.54) is 12.1 Å². The number of rotatable bonds is 7. The van der Waals surface area contributed by atoms with Crippen molar-refractivity contribution < 1.29 is 30.4 Å². The van der Waals surface area contributed by atoms with Gasteiger partial charge < -0.3 is 4.42 Å². The summed E-state index contributed by atoms with van der Waals surface area (Å²) in [7, 11) is -7.34. The maximum absolute atomic E-state index is 12.9. The lowest BCUT2D eigenvalue weighted by atomic mass is 10.2. The van der Waals surface area contributed by atoms with Crippen molar-refractivity contribution in [3.63, 3.8) is 0 Å². The van der Waals surface area contributed by atoms with Gasteiger partial charge in [-0.25, -0.2) is 21.2 Å². The van der Waals surface area contributed by atoms with Crippen molar-refractivity contribution in [2.24, 2.45) is 0 Å². The molecule has 1 aromatic heterocycles. The summed E-state index contributed by atoms with van der Waals surface area (Å²) in [5.41, 5.74) is 0.173. The van der Waals surface area contributed by atoms with E-state index in [2.05, 4.69) is 15.5 Å². The van der Waals surface area contributed by atoms with Crippen LogP contribution in [0.2, 0.25) is 0 Å². The molecule has 0 fully saturated rings. The first-order valence-corrected chi connectivity index (χ1v) is 12.0. The number of halogens is 1. The van der Waals surface area contributed by atoms with Crippen LogP contribution in [0.25, 0.3) is 11.5 Å². The highest BCUT2D eigenvalue weighted by Crippen LogP contribution is 2.27. The van der Waals surface area contributed by atoms with Gasteiger partial charge in [0.05, 0.1) is 21.1 Å². The number of hydrogen-bond acceptors (Lipinski definition) is 8. The van der Waals surface area contributed by atoms with Gasteiger partial charge in [-0.1, -0.05) is 17.2 Å². The SMILES string of the molecule is CS(=O)(=O)c1ccccc1-c1nnc(NC(=O)CCS(=O)(=O)c2ccc(F)cc2)o1. The van der Waals surface area contributed by atoms with Gasteiger partial charge in [-0.3, -0.25) is 10.1 Å². The van der Waals surface area contributed by atoms with E-state index in [1.54, 1.807) is 12.1 Å². The Labute approximate surface area is 171 Å². The largest absolute Gasteiger partial charge is 0.403 e. The van der Waals surface area contributed by atoms with Crippen molar-refractivity contribution in [3.05, 3.63) is 54.3 Å². The number of aromatic nitrogens is 2. The van der Waals surface area contributed by atoms with Crippen molar-refractivity contribution in [1.29, 1.82) is 0 Å². The van der Waals surface area contributed by atoms with Gasteiger partial charge in [-0.05, 0) is 36.4 Å². The van der Waals surface area contributed by atoms with Gasteiger partial charge >= 0.3 is 6.01 Å². The van der Waals surface area contributed by atoms with E-state index < -0.39 is 43.6 Å². The highest BCUT2D eigenvalue weighted by atomic mass is 32.2. The van der Waals surface area contributed by atoms with E-state index in [1.807, 2.05) is 0 Å². The van der Waals surface area contributed by atoms with Crippen LogP contribution in [-0.4, -0.2) is 44.9 Å². The third-order valence-corrected chi connectivity index (χ3v) is 6.85. The topological polar surface area (TPSA) is 136 Å². The predicted octanol–water partition coefficient (Wildman–Crippen LogP) is 2.08. The van der Waals surface area contributed by atoms with Crippen molar-refractivity contribution in [2.45, 2.75) is 16.2 Å². The third-order valence-electron chi connectivity index (χ3n) is 3.96. The van der Waals surface area contributed by atoms with Crippen LogP contribution in [0.5, 0.6) is 0 Å². The van der Waals surface area contributed by atoms with Crippen LogP contribution in [0, 0.1) is 5.82 Å². The fourth-order valence-electron chi connectivity index (χ4n) is 2.52. The van der Waals surface area contributed by atoms with Gasteiger partial charge in [0, 0.05) is 12.7 Å². The molecule has 0 aliphatic carbocycles. The molecule has 1 heterocycles. The first-order valence-electron chi connectivity index (χ1n) is 8.47. The number of amides is 1. The van der Waals surface area contributed by atoms with Gasteiger partial charge in [-0.15, -0.1) is 5.10 Å². The van der Waals surface area contributed by atoms with Gasteiger partial charge in [0.25, 0.3) is 5.89 Å². The quantitative estimate of drug-likeness (QED) is 0.537. The lowest BCUT2D eigenvalue weighted by molar-refractivity contribution is -0.115. The Hall–Kier alpha value is -3.12. The molecular formula is C18H16FN3O6S2. The van der Waals surface area contributed by atoms with E-state index in [-0.39, 0.29) is 27.3 Å². The summed E-state index contributed by atoms with van der Waals surface area (Å²) in [4.78, 5) is 11.9. The summed E-state index contributed by atoms with van der Waals surface area (Å²) in [5, 5.41) is 9.63. The fraction of sp³-hybridized carbons (Fsp3) is 0.167. The Morgan fingerprint density at radius 2 is 1.70 bits per heavy atom.